The van der Waals surface area contributed by atoms with Crippen LogP contribution in [0.25, 0.3) is 0 Å². The zero-order valence-corrected chi connectivity index (χ0v) is 11.6. The van der Waals surface area contributed by atoms with Gasteiger partial charge in [0.2, 0.25) is 5.95 Å². The minimum Gasteiger partial charge on any atom is -0.373 e. The maximum Gasteiger partial charge on any atom is 0.403 e. The monoisotopic (exact) mass is 417 g/mol. The first-order chi connectivity index (χ1) is 8.43. The predicted octanol–water partition coefficient (Wildman–Crippen LogP) is 1.20. The molecule has 0 fully saturated rings. The molecule has 1 aromatic carbocycles. The van der Waals surface area contributed by atoms with Crippen molar-refractivity contribution in [3.8, 4) is 0 Å². The van der Waals surface area contributed by atoms with E-state index in [1.807, 2.05) is 59.9 Å². The molecule has 0 aliphatic carbocycles. The van der Waals surface area contributed by atoms with Crippen LogP contribution in [0.4, 0.5) is 11.6 Å². The fourth-order valence-corrected chi connectivity index (χ4v) is 1.59. The Labute approximate surface area is 120 Å². The van der Waals surface area contributed by atoms with Crippen LogP contribution >= 0.6 is 0 Å². The summed E-state index contributed by atoms with van der Waals surface area (Å²) in [5.74, 6) is 0.606. The number of aromatic nitrogens is 3. The van der Waals surface area contributed by atoms with Crippen LogP contribution in [0.1, 0.15) is 0 Å². The topological polar surface area (TPSA) is 45.2 Å². The molecule has 18 heavy (non-hydrogen) atoms. The molecule has 1 aliphatic rings. The van der Waals surface area contributed by atoms with Crippen LogP contribution in [-0.4, -0.2) is 22.5 Å². The van der Waals surface area contributed by atoms with Gasteiger partial charge < -0.3 is 9.62 Å². The second kappa shape index (κ2) is 5.78. The Morgan fingerprint density at radius 2 is 1.56 bits per heavy atom. The van der Waals surface area contributed by atoms with Crippen molar-refractivity contribution < 1.29 is 21.1 Å². The molecule has 1 radical (unpaired) electrons. The molecule has 0 atom stereocenters. The largest absolute Gasteiger partial charge is 0.403 e. The van der Waals surface area contributed by atoms with Gasteiger partial charge in [-0.2, -0.15) is 0 Å². The van der Waals surface area contributed by atoms with Crippen LogP contribution < -0.4 is 9.62 Å². The molecular formula is C11H9BN5Pt. The van der Waals surface area contributed by atoms with Crippen molar-refractivity contribution in [1.82, 2.24) is 15.0 Å². The first kappa shape index (κ1) is 12.8. The smallest absolute Gasteiger partial charge is 0.373 e. The fourth-order valence-electron chi connectivity index (χ4n) is 1.59. The molecule has 0 saturated heterocycles. The number of hydrogen-bond acceptors (Lipinski definition) is 5. The van der Waals surface area contributed by atoms with E-state index in [1.165, 1.54) is 12.7 Å². The molecule has 0 bridgehead atoms. The van der Waals surface area contributed by atoms with Crippen LogP contribution in [0.15, 0.2) is 55.4 Å². The molecule has 91 valence electrons. The van der Waals surface area contributed by atoms with Crippen molar-refractivity contribution in [2.24, 2.45) is 0 Å². The molecule has 3 rings (SSSR count). The zero-order valence-electron chi connectivity index (χ0n) is 9.33. The number of anilines is 2. The Hall–Kier alpha value is -1.68. The van der Waals surface area contributed by atoms with Gasteiger partial charge in [-0.1, -0.05) is 18.2 Å². The summed E-state index contributed by atoms with van der Waals surface area (Å²) in [6, 6.07) is 10.1. The summed E-state index contributed by atoms with van der Waals surface area (Å²) in [5, 5.41) is 0. The van der Waals surface area contributed by atoms with E-state index in [2.05, 4.69) is 15.0 Å². The van der Waals surface area contributed by atoms with Gasteiger partial charge in [0.15, 0.2) is 0 Å². The van der Waals surface area contributed by atoms with Gasteiger partial charge in [-0.05, 0) is 12.1 Å². The van der Waals surface area contributed by atoms with Crippen LogP contribution in [-0.2, 0) is 21.1 Å². The Balaban J connectivity index is 0.00000120. The number of nitrogens with zero attached hydrogens (tertiary/aromatic N) is 5. The number of para-hydroxylation sites is 1. The first-order valence-corrected chi connectivity index (χ1v) is 5.20. The molecular weight excluding hydrogens is 408 g/mol. The Kier molecular flexibility index (Phi) is 4.10. The second-order valence-corrected chi connectivity index (χ2v) is 3.50. The average Bonchev–Trinajstić information content (AvgIpc) is 2.90. The summed E-state index contributed by atoms with van der Waals surface area (Å²) in [6.45, 7) is 0. The van der Waals surface area contributed by atoms with Crippen LogP contribution in [0, 0.1) is 0 Å². The third-order valence-electron chi connectivity index (χ3n) is 2.40. The quantitative estimate of drug-likeness (QED) is 0.688. The summed E-state index contributed by atoms with van der Waals surface area (Å²) >= 11 is 0. The average molecular weight is 417 g/mol. The van der Waals surface area contributed by atoms with E-state index in [4.69, 9.17) is 0 Å². The van der Waals surface area contributed by atoms with Crippen LogP contribution in [0.5, 0.6) is 0 Å². The second-order valence-electron chi connectivity index (χ2n) is 3.50. The summed E-state index contributed by atoms with van der Waals surface area (Å²) in [7, 11) is 1.92. The molecule has 1 aromatic heterocycles. The molecule has 1 aliphatic heterocycles. The summed E-state index contributed by atoms with van der Waals surface area (Å²) in [6.07, 6.45) is 6.83. The summed E-state index contributed by atoms with van der Waals surface area (Å²) in [4.78, 5) is 15.8. The van der Waals surface area contributed by atoms with Crippen LogP contribution in [0.2, 0.25) is 0 Å². The molecule has 0 saturated carbocycles. The van der Waals surface area contributed by atoms with Gasteiger partial charge in [-0.3, -0.25) is 0 Å². The normalized spacial score (nSPS) is 13.1. The molecule has 0 unspecified atom stereocenters. The van der Waals surface area contributed by atoms with Gasteiger partial charge in [0.1, 0.15) is 12.7 Å². The number of hydrogen-bond donors (Lipinski definition) is 0. The standard InChI is InChI=1S/C11H9BN5.Pt/c1-2-4-10(5-3-1)16-6-7-17(12-16)11-14-8-13-9-15-11;/h1-9H;. The van der Waals surface area contributed by atoms with Gasteiger partial charge in [-0.25, -0.2) is 15.0 Å². The van der Waals surface area contributed by atoms with Gasteiger partial charge in [0, 0.05) is 39.2 Å². The Morgan fingerprint density at radius 1 is 0.889 bits per heavy atom. The first-order valence-electron chi connectivity index (χ1n) is 5.20. The van der Waals surface area contributed by atoms with Crippen molar-refractivity contribution in [2.45, 2.75) is 0 Å². The minimum absolute atomic E-state index is 0. The summed E-state index contributed by atoms with van der Waals surface area (Å²) < 4.78 is 0. The minimum atomic E-state index is 0. The Morgan fingerprint density at radius 3 is 2.28 bits per heavy atom. The molecule has 2 aromatic rings. The maximum absolute atomic E-state index is 4.08. The van der Waals surface area contributed by atoms with E-state index < -0.39 is 0 Å². The number of benzene rings is 1. The molecule has 0 spiro atoms. The summed E-state index contributed by atoms with van der Waals surface area (Å²) in [5.41, 5.74) is 1.10. The van der Waals surface area contributed by atoms with Crippen molar-refractivity contribution in [3.05, 3.63) is 55.4 Å². The van der Waals surface area contributed by atoms with Crippen molar-refractivity contribution >= 4 is 19.2 Å². The molecule has 5 nitrogen and oxygen atoms in total. The zero-order chi connectivity index (χ0) is 11.5. The molecule has 0 N–H and O–H groups in total. The molecule has 2 heterocycles. The van der Waals surface area contributed by atoms with Gasteiger partial charge >= 0.3 is 7.55 Å². The third kappa shape index (κ3) is 2.59. The fraction of sp³-hybridized carbons (Fsp3) is 0. The van der Waals surface area contributed by atoms with E-state index in [-0.39, 0.29) is 21.1 Å². The molecule has 0 amide bonds. The van der Waals surface area contributed by atoms with E-state index in [0.717, 1.165) is 5.69 Å². The van der Waals surface area contributed by atoms with Crippen molar-refractivity contribution in [2.75, 3.05) is 9.62 Å². The van der Waals surface area contributed by atoms with Crippen molar-refractivity contribution in [3.63, 3.8) is 0 Å². The number of rotatable bonds is 2. The SMILES string of the molecule is [B]1N(c2ccccc2)C=CN1c1ncncn1.[Pt]. The van der Waals surface area contributed by atoms with E-state index >= 15 is 0 Å². The van der Waals surface area contributed by atoms with Gasteiger partial charge in [0.25, 0.3) is 0 Å². The Bertz CT molecular complexity index is 474. The van der Waals surface area contributed by atoms with Gasteiger partial charge in [-0.15, -0.1) is 0 Å². The van der Waals surface area contributed by atoms with E-state index in [0.29, 0.717) is 5.95 Å². The predicted molar refractivity (Wildman–Crippen MR) is 66.1 cm³/mol. The van der Waals surface area contributed by atoms with E-state index in [9.17, 15) is 0 Å². The maximum atomic E-state index is 4.08. The van der Waals surface area contributed by atoms with Gasteiger partial charge in [0.05, 0.1) is 0 Å². The third-order valence-corrected chi connectivity index (χ3v) is 2.40. The van der Waals surface area contributed by atoms with Crippen LogP contribution in [0.3, 0.4) is 0 Å². The van der Waals surface area contributed by atoms with E-state index in [1.54, 1.807) is 0 Å². The van der Waals surface area contributed by atoms with Crippen molar-refractivity contribution in [1.29, 1.82) is 0 Å². The molecule has 7 heteroatoms.